The van der Waals surface area contributed by atoms with Crippen molar-refractivity contribution in [1.82, 2.24) is 10.2 Å². The molecular formula is C53H84N8O22. The fraction of sp³-hybridized carbons (Fsp3) is 0.736. The summed E-state index contributed by atoms with van der Waals surface area (Å²) >= 11 is 0. The second kappa shape index (κ2) is 35.0. The van der Waals surface area contributed by atoms with E-state index in [1.165, 1.54) is 17.9 Å². The van der Waals surface area contributed by atoms with Crippen molar-refractivity contribution in [3.63, 3.8) is 0 Å². The Morgan fingerprint density at radius 1 is 0.663 bits per heavy atom. The van der Waals surface area contributed by atoms with Gasteiger partial charge in [-0.15, -0.1) is 6.42 Å². The van der Waals surface area contributed by atoms with Crippen LogP contribution >= 0.6 is 0 Å². The smallest absolute Gasteiger partial charge is 0.370 e. The quantitative estimate of drug-likeness (QED) is 0.0125. The second-order valence-electron chi connectivity index (χ2n) is 20.3. The number of terminal acetylenes is 1. The van der Waals surface area contributed by atoms with Crippen LogP contribution in [0.4, 0.5) is 0 Å². The van der Waals surface area contributed by atoms with Crippen molar-refractivity contribution in [2.75, 3.05) is 106 Å². The molecule has 0 aromatic rings. The van der Waals surface area contributed by atoms with Crippen LogP contribution in [-0.2, 0) is 95.1 Å². The molecule has 10 atom stereocenters. The van der Waals surface area contributed by atoms with Gasteiger partial charge in [0.05, 0.1) is 97.2 Å². The van der Waals surface area contributed by atoms with Crippen LogP contribution in [0, 0.1) is 18.3 Å². The first-order valence-electron chi connectivity index (χ1n) is 27.3. The molecule has 0 bridgehead atoms. The van der Waals surface area contributed by atoms with Crippen molar-refractivity contribution < 1.29 is 105 Å². The van der Waals surface area contributed by atoms with Crippen LogP contribution in [-0.4, -0.2) is 235 Å². The van der Waals surface area contributed by atoms with Gasteiger partial charge in [0.25, 0.3) is 0 Å². The number of nitrogens with one attached hydrogen (secondary N) is 1. The van der Waals surface area contributed by atoms with E-state index in [1.54, 1.807) is 34.6 Å². The van der Waals surface area contributed by atoms with Crippen molar-refractivity contribution >= 4 is 47.6 Å². The number of carboxylic acid groups (broad SMARTS) is 2. The summed E-state index contributed by atoms with van der Waals surface area (Å²) in [6, 6.07) is -3.06. The molecular weight excluding hydrogens is 1100 g/mol. The van der Waals surface area contributed by atoms with Crippen molar-refractivity contribution in [2.24, 2.45) is 38.8 Å². The predicted octanol–water partition coefficient (Wildman–Crippen LogP) is -1.22. The van der Waals surface area contributed by atoms with Crippen LogP contribution in [0.2, 0.25) is 0 Å². The van der Waals surface area contributed by atoms with E-state index in [1.807, 2.05) is 0 Å². The van der Waals surface area contributed by atoms with Crippen LogP contribution in [0.5, 0.6) is 0 Å². The van der Waals surface area contributed by atoms with Gasteiger partial charge in [0.15, 0.2) is 41.8 Å². The molecule has 468 valence electrons. The van der Waals surface area contributed by atoms with Gasteiger partial charge in [-0.3, -0.25) is 19.2 Å². The van der Waals surface area contributed by atoms with Gasteiger partial charge in [-0.05, 0) is 52.7 Å². The van der Waals surface area contributed by atoms with Gasteiger partial charge in [-0.2, -0.15) is 0 Å². The normalized spacial score (nSPS) is 24.0. The van der Waals surface area contributed by atoms with E-state index in [0.717, 1.165) is 6.08 Å². The Hall–Kier alpha value is -6.40. The lowest BCUT2D eigenvalue weighted by atomic mass is 9.87. The molecule has 0 spiro atoms. The Balaban J connectivity index is 1.32. The summed E-state index contributed by atoms with van der Waals surface area (Å²) in [5, 5.41) is 22.4. The SMILES string of the molecule is C#CCOCCOCCOCCOCCC(=O)N(CCOCCCC(=O)O[C@@H]([C@@H]1OC(C(=O)O)=C[C@H](N=C(N)N)[C@H]1C)[C@H]1COC(C)(C)O1)CCOCCCC(=O)O[C@@H]([C@@H]1OC(C(=O)O)=C[C@H](N=C(N)N)[C@H]1NC(C)=O)[C@H]1COC(C)(C)O1. The van der Waals surface area contributed by atoms with E-state index >= 15 is 0 Å². The highest BCUT2D eigenvalue weighted by Crippen LogP contribution is 2.36. The number of nitrogens with two attached hydrogens (primary N) is 4. The van der Waals surface area contributed by atoms with Gasteiger partial charge in [0, 0.05) is 52.0 Å². The number of nitrogens with zero attached hydrogens (tertiary/aromatic N) is 3. The van der Waals surface area contributed by atoms with Gasteiger partial charge in [-0.1, -0.05) is 12.8 Å². The van der Waals surface area contributed by atoms with Crippen LogP contribution in [0.15, 0.2) is 33.7 Å². The molecule has 4 rings (SSSR count). The highest BCUT2D eigenvalue weighted by molar-refractivity contribution is 5.86. The minimum Gasteiger partial charge on any atom is -0.479 e. The Labute approximate surface area is 482 Å². The average Bonchev–Trinajstić information content (AvgIpc) is 4.00. The molecule has 30 nitrogen and oxygen atoms in total. The molecule has 11 N–H and O–H groups in total. The van der Waals surface area contributed by atoms with Crippen LogP contribution < -0.4 is 28.3 Å². The summed E-state index contributed by atoms with van der Waals surface area (Å²) < 4.78 is 80.7. The van der Waals surface area contributed by atoms with Gasteiger partial charge < -0.3 is 110 Å². The summed E-state index contributed by atoms with van der Waals surface area (Å²) in [7, 11) is 0. The van der Waals surface area contributed by atoms with E-state index in [9.17, 15) is 39.0 Å². The molecule has 4 aliphatic heterocycles. The average molecular weight is 1190 g/mol. The number of carboxylic acids is 2. The fourth-order valence-electron chi connectivity index (χ4n) is 8.95. The fourth-order valence-corrected chi connectivity index (χ4v) is 8.95. The Kier molecular flexibility index (Phi) is 29.2. The number of guanidine groups is 2. The number of amides is 2. The van der Waals surface area contributed by atoms with Crippen molar-refractivity contribution in [3.05, 3.63) is 23.7 Å². The van der Waals surface area contributed by atoms with Crippen LogP contribution in [0.25, 0.3) is 0 Å². The standard InChI is InChI=1S/C53H84N8O22/c1-8-16-70-22-24-74-26-27-75-25-23-73-19-13-40(63)61(14-20-71-17-9-11-41(64)80-45(38-30-76-52(4,5)82-38)44-32(2)34(59-50(54)55)28-36(78-44)48(66)67)15-21-72-18-10-12-42(65)81-46(39-31-77-53(6,7)83-39)47-43(58-33(3)62)35(60-51(56)57)29-37(79-47)49(68)69/h1,28-29,32,34-35,38-39,43-47H,9-27,30-31H2,2-7H3,(H,58,62)(H,66,67)(H,68,69)(H4,54,55,59)(H4,56,57,60)/t32-,34+,35+,38-,39-,43-,44-,45-,46-,47-/m1/s1. The number of carbonyl (C=O) groups excluding carboxylic acids is 4. The van der Waals surface area contributed by atoms with Crippen molar-refractivity contribution in [3.8, 4) is 12.3 Å². The maximum Gasteiger partial charge on any atom is 0.370 e. The first-order chi connectivity index (χ1) is 39.4. The highest BCUT2D eigenvalue weighted by Gasteiger charge is 2.51. The first kappa shape index (κ1) is 69.1. The molecule has 4 heterocycles. The molecule has 83 heavy (non-hydrogen) atoms. The number of ether oxygens (including phenoxy) is 14. The summed E-state index contributed by atoms with van der Waals surface area (Å²) in [6.07, 6.45) is 1.01. The topological polar surface area (TPSA) is 416 Å². The molecule has 2 amide bonds. The summed E-state index contributed by atoms with van der Waals surface area (Å²) in [6.45, 7) is 12.3. The number of carbonyl (C=O) groups is 6. The Bertz CT molecular complexity index is 2290. The zero-order valence-electron chi connectivity index (χ0n) is 48.1. The van der Waals surface area contributed by atoms with Crippen LogP contribution in [0.1, 0.15) is 73.6 Å². The zero-order valence-corrected chi connectivity index (χ0v) is 48.1. The maximum atomic E-state index is 13.5. The number of hydrogen-bond donors (Lipinski definition) is 7. The third-order valence-corrected chi connectivity index (χ3v) is 12.8. The van der Waals surface area contributed by atoms with Gasteiger partial charge in [0.2, 0.25) is 23.3 Å². The summed E-state index contributed by atoms with van der Waals surface area (Å²) in [4.78, 5) is 87.0. The molecule has 0 aliphatic carbocycles. The molecule has 0 unspecified atom stereocenters. The zero-order chi connectivity index (χ0) is 61.1. The van der Waals surface area contributed by atoms with Crippen molar-refractivity contribution in [2.45, 2.75) is 140 Å². The van der Waals surface area contributed by atoms with Gasteiger partial charge in [-0.25, -0.2) is 19.6 Å². The molecule has 4 aliphatic rings. The second-order valence-corrected chi connectivity index (χ2v) is 20.3. The van der Waals surface area contributed by atoms with Gasteiger partial charge >= 0.3 is 23.9 Å². The third kappa shape index (κ3) is 24.8. The van der Waals surface area contributed by atoms with E-state index in [0.29, 0.717) is 26.4 Å². The molecule has 0 aromatic carbocycles. The number of rotatable bonds is 38. The highest BCUT2D eigenvalue weighted by atomic mass is 16.8. The summed E-state index contributed by atoms with van der Waals surface area (Å²) in [5.74, 6) is -6.98. The Morgan fingerprint density at radius 2 is 1.10 bits per heavy atom. The lowest BCUT2D eigenvalue weighted by Gasteiger charge is -2.40. The molecule has 2 saturated heterocycles. The lowest BCUT2D eigenvalue weighted by Crippen LogP contribution is -2.60. The largest absolute Gasteiger partial charge is 0.479 e. The number of hydrogen-bond acceptors (Lipinski definition) is 22. The number of esters is 2. The van der Waals surface area contributed by atoms with E-state index in [2.05, 4.69) is 21.2 Å². The number of aliphatic imine (C=N–C) groups is 2. The van der Waals surface area contributed by atoms with E-state index < -0.39 is 120 Å². The first-order valence-corrected chi connectivity index (χ1v) is 27.3. The minimum atomic E-state index is -1.46. The summed E-state index contributed by atoms with van der Waals surface area (Å²) in [5.41, 5.74) is 22.6. The monoisotopic (exact) mass is 1180 g/mol. The molecule has 30 heteroatoms. The third-order valence-electron chi connectivity index (χ3n) is 12.8. The van der Waals surface area contributed by atoms with Gasteiger partial charge in [0.1, 0.15) is 24.9 Å². The van der Waals surface area contributed by atoms with E-state index in [4.69, 9.17) is 95.7 Å². The predicted molar refractivity (Wildman–Crippen MR) is 290 cm³/mol. The number of aliphatic carboxylic acids is 2. The van der Waals surface area contributed by atoms with E-state index in [-0.39, 0.29) is 123 Å². The Morgan fingerprint density at radius 3 is 1.54 bits per heavy atom. The molecule has 0 radical (unpaired) electrons. The van der Waals surface area contributed by atoms with Crippen LogP contribution in [0.3, 0.4) is 0 Å². The van der Waals surface area contributed by atoms with Crippen molar-refractivity contribution in [1.29, 1.82) is 0 Å². The molecule has 0 saturated carbocycles. The minimum absolute atomic E-state index is 0.0182. The molecule has 2 fully saturated rings. The maximum absolute atomic E-state index is 13.5. The molecule has 0 aromatic heterocycles. The lowest BCUT2D eigenvalue weighted by molar-refractivity contribution is -0.190.